The molecule has 11 rings (SSSR count). The number of piperazine rings is 1. The Morgan fingerprint density at radius 1 is 0.780 bits per heavy atom. The number of rotatable bonds is 28. The molecule has 0 spiro atoms. The molecule has 7 atom stereocenters. The number of thioether (sulfide) groups is 1. The van der Waals surface area contributed by atoms with Gasteiger partial charge in [-0.15, -0.1) is 23.1 Å². The van der Waals surface area contributed by atoms with E-state index in [-0.39, 0.29) is 65.2 Å². The van der Waals surface area contributed by atoms with Crippen LogP contribution in [0.1, 0.15) is 153 Å². The van der Waals surface area contributed by atoms with Crippen LogP contribution in [0.15, 0.2) is 147 Å². The van der Waals surface area contributed by atoms with Gasteiger partial charge in [0.15, 0.2) is 0 Å². The molecule has 5 amide bonds. The van der Waals surface area contributed by atoms with Crippen molar-refractivity contribution in [1.82, 2.24) is 39.9 Å². The molecule has 20 nitrogen and oxygen atoms in total. The van der Waals surface area contributed by atoms with Crippen molar-refractivity contribution in [2.24, 2.45) is 21.7 Å². The van der Waals surface area contributed by atoms with Gasteiger partial charge in [-0.25, -0.2) is 26.5 Å². The first-order valence-electron chi connectivity index (χ1n) is 37.5. The fourth-order valence-electron chi connectivity index (χ4n) is 16.0. The first-order valence-corrected chi connectivity index (χ1v) is 42.7. The molecular formula is C81H102ClF3N10O10S4. The molecule has 1 aromatic heterocycles. The zero-order chi connectivity index (χ0) is 78.6. The molecule has 588 valence electrons. The number of likely N-dealkylation sites (tertiary alicyclic amines) is 3. The van der Waals surface area contributed by atoms with Gasteiger partial charge in [0.1, 0.15) is 17.0 Å². The molecule has 5 aliphatic rings. The van der Waals surface area contributed by atoms with Crippen LogP contribution in [-0.4, -0.2) is 184 Å². The number of nitrogens with one attached hydrogen (secondary N) is 4. The summed E-state index contributed by atoms with van der Waals surface area (Å²) in [7, 11) is -11.1. The lowest BCUT2D eigenvalue weighted by Crippen LogP contribution is -2.57. The van der Waals surface area contributed by atoms with Gasteiger partial charge in [-0.2, -0.15) is 13.2 Å². The van der Waals surface area contributed by atoms with Gasteiger partial charge >= 0.3 is 5.51 Å². The van der Waals surface area contributed by atoms with E-state index < -0.39 is 94.3 Å². The minimum absolute atomic E-state index is 0.0105. The van der Waals surface area contributed by atoms with Crippen molar-refractivity contribution < 1.29 is 59.1 Å². The molecule has 5 N–H and O–H groups in total. The largest absolute Gasteiger partial charge is 0.501 e. The number of aliphatic hydroxyl groups is 1. The summed E-state index contributed by atoms with van der Waals surface area (Å²) >= 11 is 9.20. The van der Waals surface area contributed by atoms with Crippen molar-refractivity contribution in [2.75, 3.05) is 88.0 Å². The molecule has 0 radical (unpaired) electrons. The van der Waals surface area contributed by atoms with E-state index in [0.717, 1.165) is 83.3 Å². The van der Waals surface area contributed by atoms with Crippen LogP contribution in [0, 0.1) is 28.6 Å². The number of nitrogens with zero attached hydrogens (tertiary/aromatic N) is 6. The number of thiazole rings is 1. The number of sulfonamides is 1. The third-order valence-corrected chi connectivity index (χ3v) is 27.7. The number of hydrogen-bond acceptors (Lipinski definition) is 17. The highest BCUT2D eigenvalue weighted by molar-refractivity contribution is 7.99. The first-order chi connectivity index (χ1) is 51.4. The fourth-order valence-corrected chi connectivity index (χ4v) is 19.9. The topological polar surface area (TPSA) is 251 Å². The van der Waals surface area contributed by atoms with Crippen LogP contribution in [-0.2, 0) is 39.0 Å². The van der Waals surface area contributed by atoms with Crippen LogP contribution in [0.4, 0.5) is 24.5 Å². The number of benzene rings is 5. The van der Waals surface area contributed by atoms with Gasteiger partial charge in [0.2, 0.25) is 23.6 Å². The zero-order valence-corrected chi connectivity index (χ0v) is 67.5. The van der Waals surface area contributed by atoms with E-state index in [0.29, 0.717) is 82.6 Å². The summed E-state index contributed by atoms with van der Waals surface area (Å²) in [6.07, 6.45) is 4.46. The molecular weight excluding hydrogens is 1490 g/mol. The third kappa shape index (κ3) is 19.9. The number of aromatic nitrogens is 1. The predicted octanol–water partition coefficient (Wildman–Crippen LogP) is 13.4. The van der Waals surface area contributed by atoms with Crippen molar-refractivity contribution >= 4 is 101 Å². The van der Waals surface area contributed by atoms with Gasteiger partial charge in [-0.05, 0) is 152 Å². The van der Waals surface area contributed by atoms with Crippen molar-refractivity contribution in [3.8, 4) is 10.4 Å². The predicted molar refractivity (Wildman–Crippen MR) is 423 cm³/mol. The number of halogens is 4. The number of fused-ring (bicyclic) bond motifs is 1. The Morgan fingerprint density at radius 3 is 2.06 bits per heavy atom. The third-order valence-electron chi connectivity index (χ3n) is 22.5. The zero-order valence-electron chi connectivity index (χ0n) is 63.5. The summed E-state index contributed by atoms with van der Waals surface area (Å²) in [4.78, 5) is 83.6. The molecule has 4 aliphatic heterocycles. The standard InChI is InChI=1S/C81H102ClF3N10O10S4/c1-53(55-20-22-57(23-21-55)72-54(2)86-52-107-72)87-75(100)68-42-63(96)46-95(68)76(101)73(77(3,4)5)89-70(97)18-14-11-15-19-71(98)94-50-79(8)48-92(49-80(79,9)51-94)37-35-61(47-106-64-16-12-10-13-17-64)88-67-33-32-65(43-69(67)108(102,103)81(83,84)85)109(104,105)90-74(99)58-26-30-62(31-27-58)93-40-38-91(39-41-93)45-59-44-78(6,7)36-34-66(59)56-24-28-60(82)29-25-56/h10,12-13,16-17,20-33,43,52-53,61,63,68,73,88,96H,11,14-15,18-19,34-42,44-51H2,1-9H3,(H,87,100)(H,89,97)(H,90,99)/t53-,61+,63+,68-,73+,79-,80+/m0/s1. The Kier molecular flexibility index (Phi) is 25.7. The summed E-state index contributed by atoms with van der Waals surface area (Å²) in [6, 6.07) is 31.0. The number of carbonyl (C=O) groups excluding carboxylic acids is 5. The lowest BCUT2D eigenvalue weighted by Gasteiger charge is -2.39. The SMILES string of the molecule is Cc1ncsc1-c1ccc([C@H](C)NC(=O)[C@@H]2C[C@@H](O)CN2C(=O)[C@@H](NC(=O)CCCCCC(=O)N2C[C@]3(C)CN(CC[C@H](CSc4ccccc4)Nc4ccc(S(=O)(=O)NC(=O)c5ccc(N6CCN(CC7=C(c8ccc(Cl)cc8)CCC(C)(C)C7)CC6)cc5)cc4S(=O)(=O)C(F)(F)F)C[C@]3(C)C2)C(C)(C)C)cc1. The molecule has 0 unspecified atom stereocenters. The molecule has 4 saturated heterocycles. The maximum atomic E-state index is 14.7. The number of hydrogen-bond donors (Lipinski definition) is 5. The quantitative estimate of drug-likeness (QED) is 0.0226. The molecule has 0 bridgehead atoms. The lowest BCUT2D eigenvalue weighted by molar-refractivity contribution is -0.144. The summed E-state index contributed by atoms with van der Waals surface area (Å²) in [5.74, 6) is -2.01. The second kappa shape index (κ2) is 33.9. The van der Waals surface area contributed by atoms with E-state index in [2.05, 4.69) is 75.5 Å². The Bertz CT molecular complexity index is 4520. The Balaban J connectivity index is 0.659. The molecule has 5 heterocycles. The number of carbonyl (C=O) groups is 5. The monoisotopic (exact) mass is 1590 g/mol. The first kappa shape index (κ1) is 82.6. The Morgan fingerprint density at radius 2 is 1.43 bits per heavy atom. The molecule has 28 heteroatoms. The van der Waals surface area contributed by atoms with Crippen molar-refractivity contribution in [3.63, 3.8) is 0 Å². The summed E-state index contributed by atoms with van der Waals surface area (Å²) in [5.41, 5.74) is 1.88. The Hall–Kier alpha value is -7.37. The van der Waals surface area contributed by atoms with E-state index in [9.17, 15) is 59.1 Å². The Labute approximate surface area is 652 Å². The minimum atomic E-state index is -6.19. The summed E-state index contributed by atoms with van der Waals surface area (Å²) < 4.78 is 101. The number of β-amino-alcohol motifs (C(OH)–C–C–N with tert-alkyl or cyclic N) is 1. The second-order valence-electron chi connectivity index (χ2n) is 32.6. The van der Waals surface area contributed by atoms with Crippen LogP contribution < -0.4 is 25.6 Å². The highest BCUT2D eigenvalue weighted by atomic mass is 35.5. The van der Waals surface area contributed by atoms with Crippen LogP contribution in [0.3, 0.4) is 0 Å². The van der Waals surface area contributed by atoms with Crippen LogP contribution in [0.5, 0.6) is 0 Å². The van der Waals surface area contributed by atoms with Crippen LogP contribution in [0.2, 0.25) is 5.02 Å². The number of aryl methyl sites for hydroxylation is 1. The molecule has 5 aromatic carbocycles. The number of amides is 5. The average Bonchev–Trinajstić information content (AvgIpc) is 1.58. The summed E-state index contributed by atoms with van der Waals surface area (Å²) in [6.45, 7) is 24.6. The van der Waals surface area contributed by atoms with E-state index in [1.165, 1.54) is 45.5 Å². The van der Waals surface area contributed by atoms with Gasteiger partial charge in [0.25, 0.3) is 25.8 Å². The number of anilines is 2. The van der Waals surface area contributed by atoms with Gasteiger partial charge in [-0.1, -0.05) is 127 Å². The van der Waals surface area contributed by atoms with E-state index >= 15 is 0 Å². The maximum absolute atomic E-state index is 14.7. The van der Waals surface area contributed by atoms with Crippen molar-refractivity contribution in [3.05, 3.63) is 160 Å². The highest BCUT2D eigenvalue weighted by Crippen LogP contribution is 2.52. The number of alkyl halides is 3. The number of unbranched alkanes of at least 4 members (excludes halogenated alkanes) is 2. The highest BCUT2D eigenvalue weighted by Gasteiger charge is 2.58. The van der Waals surface area contributed by atoms with Crippen LogP contribution in [0.25, 0.3) is 16.0 Å². The van der Waals surface area contributed by atoms with Gasteiger partial charge in [-0.3, -0.25) is 28.9 Å². The van der Waals surface area contributed by atoms with Crippen molar-refractivity contribution in [2.45, 2.75) is 177 Å². The van der Waals surface area contributed by atoms with E-state index in [1.54, 1.807) is 29.0 Å². The maximum Gasteiger partial charge on any atom is 0.501 e. The number of allylic oxidation sites excluding steroid dienone is 1. The molecule has 1 aliphatic carbocycles. The van der Waals surface area contributed by atoms with Crippen molar-refractivity contribution in [1.29, 1.82) is 0 Å². The smallest absolute Gasteiger partial charge is 0.391 e. The minimum Gasteiger partial charge on any atom is -0.391 e. The fraction of sp³-hybridized carbons (Fsp3) is 0.506. The van der Waals surface area contributed by atoms with Gasteiger partial charge < -0.3 is 40.7 Å². The van der Waals surface area contributed by atoms with Gasteiger partial charge in [0.05, 0.1) is 38.8 Å². The van der Waals surface area contributed by atoms with E-state index in [1.807, 2.05) is 111 Å². The molecule has 0 saturated carbocycles. The number of aliphatic hydroxyl groups excluding tert-OH is 1. The molecule has 4 fully saturated rings. The van der Waals surface area contributed by atoms with Gasteiger partial charge in [0, 0.05) is 135 Å². The lowest BCUT2D eigenvalue weighted by atomic mass is 9.71. The second-order valence-corrected chi connectivity index (χ2v) is 38.5. The normalized spacial score (nSPS) is 21.6. The summed E-state index contributed by atoms with van der Waals surface area (Å²) in [5, 5.41) is 20.5. The average molecular weight is 1600 g/mol. The van der Waals surface area contributed by atoms with Crippen LogP contribution >= 0.6 is 34.7 Å². The molecule has 6 aromatic rings. The molecule has 109 heavy (non-hydrogen) atoms. The van der Waals surface area contributed by atoms with E-state index in [4.69, 9.17) is 11.6 Å². The number of sulfone groups is 1.